The molecule has 0 saturated carbocycles. The molecule has 0 unspecified atom stereocenters. The third kappa shape index (κ3) is 3.66. The van der Waals surface area contributed by atoms with E-state index in [0.29, 0.717) is 31.3 Å². The summed E-state index contributed by atoms with van der Waals surface area (Å²) in [6, 6.07) is 1.77. The van der Waals surface area contributed by atoms with Crippen LogP contribution in [0, 0.1) is 5.92 Å². The SMILES string of the molecule is O=c1cc2c(nn1CC1CN(CCN3CCCS3(=O)=O)C1)CCCC2. The van der Waals surface area contributed by atoms with Crippen LogP contribution in [-0.2, 0) is 29.4 Å². The summed E-state index contributed by atoms with van der Waals surface area (Å²) in [5.41, 5.74) is 2.25. The molecule has 138 valence electrons. The van der Waals surface area contributed by atoms with Crippen molar-refractivity contribution in [1.29, 1.82) is 0 Å². The number of nitrogens with zero attached hydrogens (tertiary/aromatic N) is 4. The normalized spacial score (nSPS) is 24.2. The fourth-order valence-electron chi connectivity index (χ4n) is 4.15. The zero-order chi connectivity index (χ0) is 17.4. The van der Waals surface area contributed by atoms with Gasteiger partial charge in [0, 0.05) is 44.7 Å². The van der Waals surface area contributed by atoms with Gasteiger partial charge in [-0.15, -0.1) is 0 Å². The average Bonchev–Trinajstić information content (AvgIpc) is 2.88. The molecule has 0 N–H and O–H groups in total. The Labute approximate surface area is 148 Å². The predicted molar refractivity (Wildman–Crippen MR) is 95.0 cm³/mol. The lowest BCUT2D eigenvalue weighted by molar-refractivity contribution is 0.0800. The van der Waals surface area contributed by atoms with E-state index >= 15 is 0 Å². The molecule has 8 heteroatoms. The number of fused-ring (bicyclic) bond motifs is 1. The number of aromatic nitrogens is 2. The van der Waals surface area contributed by atoms with Crippen LogP contribution in [0.25, 0.3) is 0 Å². The molecule has 0 radical (unpaired) electrons. The molecule has 0 amide bonds. The molecule has 4 rings (SSSR count). The molecule has 2 fully saturated rings. The van der Waals surface area contributed by atoms with Gasteiger partial charge < -0.3 is 4.90 Å². The van der Waals surface area contributed by atoms with E-state index in [1.165, 1.54) is 0 Å². The predicted octanol–water partition coefficient (Wildman–Crippen LogP) is 0.0894. The molecule has 2 saturated heterocycles. The van der Waals surface area contributed by atoms with E-state index in [-0.39, 0.29) is 5.56 Å². The van der Waals surface area contributed by atoms with Gasteiger partial charge in [0.2, 0.25) is 10.0 Å². The van der Waals surface area contributed by atoms with Crippen LogP contribution in [0.4, 0.5) is 0 Å². The van der Waals surface area contributed by atoms with E-state index in [0.717, 1.165) is 63.0 Å². The Hall–Kier alpha value is -1.25. The summed E-state index contributed by atoms with van der Waals surface area (Å²) in [6.07, 6.45) is 5.03. The summed E-state index contributed by atoms with van der Waals surface area (Å²) in [7, 11) is -2.99. The van der Waals surface area contributed by atoms with Gasteiger partial charge in [0.05, 0.1) is 18.0 Å². The van der Waals surface area contributed by atoms with Crippen LogP contribution in [0.15, 0.2) is 10.9 Å². The maximum Gasteiger partial charge on any atom is 0.267 e. The van der Waals surface area contributed by atoms with E-state index in [1.54, 1.807) is 15.1 Å². The Balaban J connectivity index is 1.28. The van der Waals surface area contributed by atoms with Gasteiger partial charge in [-0.25, -0.2) is 17.4 Å². The molecule has 7 nitrogen and oxygen atoms in total. The van der Waals surface area contributed by atoms with Crippen LogP contribution < -0.4 is 5.56 Å². The molecule has 1 aromatic heterocycles. The number of hydrogen-bond donors (Lipinski definition) is 0. The molecule has 0 spiro atoms. The van der Waals surface area contributed by atoms with Crippen LogP contribution in [-0.4, -0.2) is 65.9 Å². The molecular formula is C17H26N4O3S. The Morgan fingerprint density at radius 1 is 1.12 bits per heavy atom. The third-order valence-electron chi connectivity index (χ3n) is 5.61. The van der Waals surface area contributed by atoms with Crippen molar-refractivity contribution in [2.24, 2.45) is 5.92 Å². The number of sulfonamides is 1. The third-order valence-corrected chi connectivity index (χ3v) is 7.56. The van der Waals surface area contributed by atoms with Crippen molar-refractivity contribution in [2.45, 2.75) is 38.6 Å². The fourth-order valence-corrected chi connectivity index (χ4v) is 5.67. The molecule has 0 bridgehead atoms. The summed E-state index contributed by atoms with van der Waals surface area (Å²) in [4.78, 5) is 14.5. The van der Waals surface area contributed by atoms with Gasteiger partial charge in [-0.05, 0) is 37.7 Å². The van der Waals surface area contributed by atoms with Gasteiger partial charge in [0.25, 0.3) is 5.56 Å². The number of hydrogen-bond acceptors (Lipinski definition) is 5. The second-order valence-electron chi connectivity index (χ2n) is 7.54. The number of aryl methyl sites for hydroxylation is 2. The maximum absolute atomic E-state index is 12.2. The minimum Gasteiger partial charge on any atom is -0.301 e. The minimum absolute atomic E-state index is 0.0160. The van der Waals surface area contributed by atoms with Crippen LogP contribution >= 0.6 is 0 Å². The van der Waals surface area contributed by atoms with E-state index in [1.807, 2.05) is 0 Å². The van der Waals surface area contributed by atoms with Crippen LogP contribution in [0.3, 0.4) is 0 Å². The lowest BCUT2D eigenvalue weighted by Crippen LogP contribution is -2.51. The maximum atomic E-state index is 12.2. The first kappa shape index (κ1) is 17.2. The topological polar surface area (TPSA) is 75.5 Å². The van der Waals surface area contributed by atoms with Crippen molar-refractivity contribution in [3.63, 3.8) is 0 Å². The smallest absolute Gasteiger partial charge is 0.267 e. The van der Waals surface area contributed by atoms with Gasteiger partial charge in [0.15, 0.2) is 0 Å². The molecule has 1 aliphatic carbocycles. The van der Waals surface area contributed by atoms with Crippen molar-refractivity contribution >= 4 is 10.0 Å². The van der Waals surface area contributed by atoms with Crippen molar-refractivity contribution in [1.82, 2.24) is 19.0 Å². The van der Waals surface area contributed by atoms with E-state index in [4.69, 9.17) is 0 Å². The van der Waals surface area contributed by atoms with Crippen molar-refractivity contribution in [3.8, 4) is 0 Å². The highest BCUT2D eigenvalue weighted by atomic mass is 32.2. The summed E-state index contributed by atoms with van der Waals surface area (Å²) in [5, 5.41) is 4.59. The first-order chi connectivity index (χ1) is 12.0. The summed E-state index contributed by atoms with van der Waals surface area (Å²) >= 11 is 0. The van der Waals surface area contributed by atoms with Gasteiger partial charge in [-0.1, -0.05) is 0 Å². The molecular weight excluding hydrogens is 340 g/mol. The highest BCUT2D eigenvalue weighted by Crippen LogP contribution is 2.20. The summed E-state index contributed by atoms with van der Waals surface area (Å²) < 4.78 is 26.8. The number of rotatable bonds is 5. The Morgan fingerprint density at radius 2 is 1.92 bits per heavy atom. The molecule has 1 aromatic rings. The second-order valence-corrected chi connectivity index (χ2v) is 9.63. The standard InChI is InChI=1S/C17H26N4O3S/c22-17-10-15-4-1-2-5-16(15)18-21(17)13-14-11-19(12-14)7-8-20-6-3-9-25(20,23)24/h10,14H,1-9,11-13H2. The van der Waals surface area contributed by atoms with Crippen LogP contribution in [0.5, 0.6) is 0 Å². The quantitative estimate of drug-likeness (QED) is 0.738. The van der Waals surface area contributed by atoms with Gasteiger partial charge in [0.1, 0.15) is 0 Å². The monoisotopic (exact) mass is 366 g/mol. The van der Waals surface area contributed by atoms with Gasteiger partial charge in [-0.3, -0.25) is 4.79 Å². The first-order valence-electron chi connectivity index (χ1n) is 9.31. The Morgan fingerprint density at radius 3 is 2.68 bits per heavy atom. The Kier molecular flexibility index (Phi) is 4.68. The van der Waals surface area contributed by atoms with Gasteiger partial charge >= 0.3 is 0 Å². The molecule has 3 aliphatic rings. The highest BCUT2D eigenvalue weighted by Gasteiger charge is 2.31. The summed E-state index contributed by atoms with van der Waals surface area (Å²) in [6.45, 7) is 4.53. The molecule has 0 aromatic carbocycles. The highest BCUT2D eigenvalue weighted by molar-refractivity contribution is 7.89. The zero-order valence-corrected chi connectivity index (χ0v) is 15.4. The lowest BCUT2D eigenvalue weighted by atomic mass is 9.96. The van der Waals surface area contributed by atoms with E-state index in [2.05, 4.69) is 10.00 Å². The van der Waals surface area contributed by atoms with Crippen molar-refractivity contribution in [3.05, 3.63) is 27.7 Å². The Bertz CT molecular complexity index is 799. The minimum atomic E-state index is -2.99. The molecule has 25 heavy (non-hydrogen) atoms. The zero-order valence-electron chi connectivity index (χ0n) is 14.6. The lowest BCUT2D eigenvalue weighted by Gasteiger charge is -2.39. The first-order valence-corrected chi connectivity index (χ1v) is 10.9. The molecule has 2 aliphatic heterocycles. The van der Waals surface area contributed by atoms with Crippen LogP contribution in [0.1, 0.15) is 30.5 Å². The van der Waals surface area contributed by atoms with Gasteiger partial charge in [-0.2, -0.15) is 5.10 Å². The molecule has 0 atom stereocenters. The van der Waals surface area contributed by atoms with E-state index in [9.17, 15) is 13.2 Å². The van der Waals surface area contributed by atoms with Crippen molar-refractivity contribution in [2.75, 3.05) is 38.5 Å². The van der Waals surface area contributed by atoms with E-state index < -0.39 is 10.0 Å². The van der Waals surface area contributed by atoms with Crippen molar-refractivity contribution < 1.29 is 8.42 Å². The summed E-state index contributed by atoms with van der Waals surface area (Å²) in [5.74, 6) is 0.727. The number of likely N-dealkylation sites (tertiary alicyclic amines) is 1. The molecule has 3 heterocycles. The fraction of sp³-hybridized carbons (Fsp3) is 0.765. The average molecular weight is 366 g/mol. The second kappa shape index (κ2) is 6.81. The largest absolute Gasteiger partial charge is 0.301 e. The van der Waals surface area contributed by atoms with Crippen LogP contribution in [0.2, 0.25) is 0 Å².